The van der Waals surface area contributed by atoms with E-state index < -0.39 is 0 Å². The van der Waals surface area contributed by atoms with Gasteiger partial charge in [-0.2, -0.15) is 11.8 Å². The molecule has 2 atom stereocenters. The van der Waals surface area contributed by atoms with Gasteiger partial charge in [0.2, 0.25) is 0 Å². The van der Waals surface area contributed by atoms with Crippen molar-refractivity contribution in [2.24, 2.45) is 5.73 Å². The summed E-state index contributed by atoms with van der Waals surface area (Å²) in [4.78, 5) is 2.43. The largest absolute Gasteiger partial charge is 0.326 e. The van der Waals surface area contributed by atoms with Crippen molar-refractivity contribution in [3.8, 4) is 0 Å². The standard InChI is InChI=1S/C16H25FN2S/c1-4-14(18)15(12-6-5-7-13(17)10-12)19-8-9-20-16(2,3)11-19/h5-7,10,14-15H,4,8-9,11,18H2,1-3H3. The van der Waals surface area contributed by atoms with Crippen LogP contribution in [0.1, 0.15) is 38.8 Å². The van der Waals surface area contributed by atoms with E-state index in [2.05, 4.69) is 25.7 Å². The van der Waals surface area contributed by atoms with Gasteiger partial charge < -0.3 is 5.73 Å². The monoisotopic (exact) mass is 296 g/mol. The van der Waals surface area contributed by atoms with Crippen molar-refractivity contribution in [3.63, 3.8) is 0 Å². The molecule has 1 aliphatic heterocycles. The number of rotatable bonds is 4. The minimum atomic E-state index is -0.179. The Kier molecular flexibility index (Phi) is 5.10. The van der Waals surface area contributed by atoms with Crippen molar-refractivity contribution >= 4 is 11.8 Å². The first-order valence-electron chi connectivity index (χ1n) is 7.32. The molecular formula is C16H25FN2S. The lowest BCUT2D eigenvalue weighted by atomic mass is 9.95. The number of nitrogens with zero attached hydrogens (tertiary/aromatic N) is 1. The number of nitrogens with two attached hydrogens (primary N) is 1. The van der Waals surface area contributed by atoms with Crippen LogP contribution in [0.4, 0.5) is 4.39 Å². The Bertz CT molecular complexity index is 450. The highest BCUT2D eigenvalue weighted by Crippen LogP contribution is 2.35. The van der Waals surface area contributed by atoms with Crippen molar-refractivity contribution in [1.29, 1.82) is 0 Å². The molecule has 0 saturated carbocycles. The molecule has 0 amide bonds. The van der Waals surface area contributed by atoms with E-state index in [4.69, 9.17) is 5.73 Å². The highest BCUT2D eigenvalue weighted by atomic mass is 32.2. The molecule has 0 spiro atoms. The summed E-state index contributed by atoms with van der Waals surface area (Å²) in [6, 6.07) is 7.05. The molecule has 2 unspecified atom stereocenters. The molecule has 0 radical (unpaired) electrons. The normalized spacial score (nSPS) is 22.4. The number of thioether (sulfide) groups is 1. The maximum absolute atomic E-state index is 13.6. The second-order valence-corrected chi connectivity index (χ2v) is 7.95. The minimum Gasteiger partial charge on any atom is -0.326 e. The molecular weight excluding hydrogens is 271 g/mol. The van der Waals surface area contributed by atoms with Crippen LogP contribution in [-0.4, -0.2) is 34.5 Å². The number of benzene rings is 1. The molecule has 0 aromatic heterocycles. The number of hydrogen-bond acceptors (Lipinski definition) is 3. The zero-order valence-corrected chi connectivity index (χ0v) is 13.4. The fraction of sp³-hybridized carbons (Fsp3) is 0.625. The molecule has 2 N–H and O–H groups in total. The summed E-state index contributed by atoms with van der Waals surface area (Å²) < 4.78 is 13.8. The highest BCUT2D eigenvalue weighted by molar-refractivity contribution is 8.00. The van der Waals surface area contributed by atoms with Crippen LogP contribution in [0.25, 0.3) is 0 Å². The topological polar surface area (TPSA) is 29.3 Å². The van der Waals surface area contributed by atoms with E-state index in [0.29, 0.717) is 0 Å². The Labute approximate surface area is 125 Å². The van der Waals surface area contributed by atoms with Gasteiger partial charge in [-0.3, -0.25) is 4.90 Å². The van der Waals surface area contributed by atoms with Gasteiger partial charge in [-0.1, -0.05) is 19.1 Å². The van der Waals surface area contributed by atoms with Gasteiger partial charge in [-0.05, 0) is 38.0 Å². The Morgan fingerprint density at radius 3 is 2.80 bits per heavy atom. The van der Waals surface area contributed by atoms with Crippen molar-refractivity contribution < 1.29 is 4.39 Å². The first-order chi connectivity index (χ1) is 9.43. The fourth-order valence-corrected chi connectivity index (χ4v) is 4.07. The second-order valence-electron chi connectivity index (χ2n) is 6.15. The van der Waals surface area contributed by atoms with Gasteiger partial charge in [-0.25, -0.2) is 4.39 Å². The van der Waals surface area contributed by atoms with Gasteiger partial charge in [0.1, 0.15) is 5.82 Å². The average molecular weight is 296 g/mol. The fourth-order valence-electron chi connectivity index (χ4n) is 2.93. The molecule has 2 rings (SSSR count). The summed E-state index contributed by atoms with van der Waals surface area (Å²) in [6.07, 6.45) is 0.894. The minimum absolute atomic E-state index is 0.0377. The first-order valence-corrected chi connectivity index (χ1v) is 8.30. The highest BCUT2D eigenvalue weighted by Gasteiger charge is 2.34. The molecule has 1 aromatic carbocycles. The van der Waals surface area contributed by atoms with Crippen LogP contribution >= 0.6 is 11.8 Å². The zero-order chi connectivity index (χ0) is 14.8. The molecule has 0 aliphatic carbocycles. The van der Waals surface area contributed by atoms with Gasteiger partial charge in [0, 0.05) is 29.6 Å². The number of halogens is 1. The summed E-state index contributed by atoms with van der Waals surface area (Å²) in [5, 5.41) is 0. The smallest absolute Gasteiger partial charge is 0.123 e. The van der Waals surface area contributed by atoms with E-state index in [0.717, 1.165) is 30.8 Å². The summed E-state index contributed by atoms with van der Waals surface area (Å²) in [6.45, 7) is 8.64. The van der Waals surface area contributed by atoms with Crippen LogP contribution in [0.2, 0.25) is 0 Å². The van der Waals surface area contributed by atoms with Crippen LogP contribution in [0.5, 0.6) is 0 Å². The Balaban J connectivity index is 2.28. The average Bonchev–Trinajstić information content (AvgIpc) is 2.38. The maximum Gasteiger partial charge on any atom is 0.123 e. The molecule has 20 heavy (non-hydrogen) atoms. The van der Waals surface area contributed by atoms with Gasteiger partial charge in [-0.15, -0.1) is 0 Å². The van der Waals surface area contributed by atoms with Crippen molar-refractivity contribution in [2.45, 2.75) is 44.0 Å². The van der Waals surface area contributed by atoms with Crippen molar-refractivity contribution in [1.82, 2.24) is 4.90 Å². The van der Waals surface area contributed by atoms with Crippen LogP contribution < -0.4 is 5.73 Å². The van der Waals surface area contributed by atoms with Gasteiger partial charge >= 0.3 is 0 Å². The van der Waals surface area contributed by atoms with Crippen LogP contribution in [0, 0.1) is 5.82 Å². The zero-order valence-electron chi connectivity index (χ0n) is 12.6. The molecule has 4 heteroatoms. The molecule has 1 saturated heterocycles. The molecule has 112 valence electrons. The molecule has 1 heterocycles. The quantitative estimate of drug-likeness (QED) is 0.923. The van der Waals surface area contributed by atoms with Gasteiger partial charge in [0.05, 0.1) is 6.04 Å². The van der Waals surface area contributed by atoms with E-state index in [1.165, 1.54) is 6.07 Å². The van der Waals surface area contributed by atoms with E-state index >= 15 is 0 Å². The van der Waals surface area contributed by atoms with Crippen LogP contribution in [0.15, 0.2) is 24.3 Å². The third kappa shape index (κ3) is 3.74. The molecule has 0 bridgehead atoms. The summed E-state index contributed by atoms with van der Waals surface area (Å²) >= 11 is 2.00. The van der Waals surface area contributed by atoms with E-state index in [9.17, 15) is 4.39 Å². The van der Waals surface area contributed by atoms with Crippen molar-refractivity contribution in [2.75, 3.05) is 18.8 Å². The lowest BCUT2D eigenvalue weighted by Gasteiger charge is -2.43. The van der Waals surface area contributed by atoms with Crippen molar-refractivity contribution in [3.05, 3.63) is 35.6 Å². The van der Waals surface area contributed by atoms with Crippen LogP contribution in [-0.2, 0) is 0 Å². The van der Waals surface area contributed by atoms with E-state index in [1.54, 1.807) is 12.1 Å². The third-order valence-corrected chi connectivity index (χ3v) is 5.21. The first kappa shape index (κ1) is 15.8. The SMILES string of the molecule is CCC(N)C(c1cccc(F)c1)N1CCSC(C)(C)C1. The Morgan fingerprint density at radius 1 is 1.45 bits per heavy atom. The third-order valence-electron chi connectivity index (χ3n) is 3.92. The summed E-state index contributed by atoms with van der Waals surface area (Å²) in [5.74, 6) is 0.927. The van der Waals surface area contributed by atoms with Crippen LogP contribution in [0.3, 0.4) is 0 Å². The molecule has 2 nitrogen and oxygen atoms in total. The summed E-state index contributed by atoms with van der Waals surface area (Å²) in [7, 11) is 0. The lowest BCUT2D eigenvalue weighted by molar-refractivity contribution is 0.161. The molecule has 1 fully saturated rings. The predicted octanol–water partition coefficient (Wildman–Crippen LogP) is 3.43. The lowest BCUT2D eigenvalue weighted by Crippen LogP contribution is -2.49. The number of hydrogen-bond donors (Lipinski definition) is 1. The molecule has 1 aromatic rings. The maximum atomic E-state index is 13.6. The van der Waals surface area contributed by atoms with Gasteiger partial charge in [0.15, 0.2) is 0 Å². The van der Waals surface area contributed by atoms with E-state index in [1.807, 2.05) is 17.8 Å². The van der Waals surface area contributed by atoms with Gasteiger partial charge in [0.25, 0.3) is 0 Å². The summed E-state index contributed by atoms with van der Waals surface area (Å²) in [5.41, 5.74) is 7.35. The Morgan fingerprint density at radius 2 is 2.20 bits per heavy atom. The van der Waals surface area contributed by atoms with E-state index in [-0.39, 0.29) is 22.6 Å². The molecule has 1 aliphatic rings. The predicted molar refractivity (Wildman–Crippen MR) is 85.5 cm³/mol. The Hall–Kier alpha value is -0.580. The second kappa shape index (κ2) is 6.46.